The van der Waals surface area contributed by atoms with Gasteiger partial charge in [-0.3, -0.25) is 15.0 Å². The van der Waals surface area contributed by atoms with E-state index in [1.807, 2.05) is 38.1 Å². The Labute approximate surface area is 182 Å². The smallest absolute Gasteiger partial charge is 0.408 e. The molecule has 0 spiro atoms. The molecule has 9 nitrogen and oxygen atoms in total. The number of hydrogen-bond acceptors (Lipinski definition) is 5. The van der Waals surface area contributed by atoms with E-state index in [4.69, 9.17) is 10.6 Å². The average Bonchev–Trinajstić information content (AvgIpc) is 3.07. The molecule has 2 rings (SSSR count). The third-order valence-corrected chi connectivity index (χ3v) is 4.59. The fraction of sp³-hybridized carbons (Fsp3) is 0.500. The molecule has 1 heterocycles. The van der Waals surface area contributed by atoms with E-state index in [2.05, 4.69) is 21.0 Å². The summed E-state index contributed by atoms with van der Waals surface area (Å²) in [6, 6.07) is 5.91. The quantitative estimate of drug-likeness (QED) is 0.248. The Morgan fingerprint density at radius 2 is 1.74 bits per heavy atom. The lowest BCUT2D eigenvalue weighted by atomic mass is 10.0. The predicted molar refractivity (Wildman–Crippen MR) is 119 cm³/mol. The first-order chi connectivity index (χ1) is 14.5. The molecule has 3 amide bonds. The number of fused-ring (bicyclic) bond motifs is 1. The van der Waals surface area contributed by atoms with Crippen LogP contribution in [0.4, 0.5) is 4.79 Å². The van der Waals surface area contributed by atoms with Crippen LogP contribution in [0.1, 0.15) is 46.6 Å². The van der Waals surface area contributed by atoms with Crippen LogP contribution in [-0.2, 0) is 20.7 Å². The number of H-pyrrole nitrogens is 1. The zero-order chi connectivity index (χ0) is 23.2. The fourth-order valence-electron chi connectivity index (χ4n) is 3.26. The monoisotopic (exact) mass is 431 g/mol. The molecule has 1 aromatic carbocycles. The van der Waals surface area contributed by atoms with Crippen LogP contribution in [0.2, 0.25) is 0 Å². The average molecular weight is 432 g/mol. The third kappa shape index (κ3) is 7.29. The molecule has 0 saturated heterocycles. The molecular weight excluding hydrogens is 398 g/mol. The molecule has 31 heavy (non-hydrogen) atoms. The van der Waals surface area contributed by atoms with Gasteiger partial charge in [0, 0.05) is 23.5 Å². The van der Waals surface area contributed by atoms with Crippen molar-refractivity contribution in [3.05, 3.63) is 36.0 Å². The Hall–Kier alpha value is -3.07. The van der Waals surface area contributed by atoms with E-state index < -0.39 is 35.6 Å². The molecule has 0 saturated carbocycles. The van der Waals surface area contributed by atoms with E-state index in [1.54, 1.807) is 27.0 Å². The minimum atomic E-state index is -0.910. The first-order valence-electron chi connectivity index (χ1n) is 10.4. The Bertz CT molecular complexity index is 916. The van der Waals surface area contributed by atoms with Gasteiger partial charge in [-0.25, -0.2) is 10.6 Å². The lowest BCUT2D eigenvalue weighted by Crippen LogP contribution is -2.56. The van der Waals surface area contributed by atoms with Gasteiger partial charge >= 0.3 is 6.09 Å². The van der Waals surface area contributed by atoms with Gasteiger partial charge in [0.05, 0.1) is 0 Å². The van der Waals surface area contributed by atoms with E-state index >= 15 is 0 Å². The number of ether oxygens (including phenoxy) is 1. The molecule has 170 valence electrons. The SMILES string of the molecule is CC(C)C[C@H](NC(=O)OC(C)(C)C)C(=O)N[C@H](Cc1c[nH]c2ccccc12)C(=O)NN. The molecule has 9 heteroatoms. The van der Waals surface area contributed by atoms with E-state index in [9.17, 15) is 14.4 Å². The van der Waals surface area contributed by atoms with Crippen molar-refractivity contribution < 1.29 is 19.1 Å². The number of amides is 3. The second-order valence-electron chi connectivity index (χ2n) is 8.96. The lowest BCUT2D eigenvalue weighted by Gasteiger charge is -2.25. The molecule has 0 aliphatic rings. The Morgan fingerprint density at radius 3 is 2.35 bits per heavy atom. The molecule has 2 atom stereocenters. The summed E-state index contributed by atoms with van der Waals surface area (Å²) in [6.07, 6.45) is 1.73. The van der Waals surface area contributed by atoms with Crippen LogP contribution in [0.25, 0.3) is 10.9 Å². The first-order valence-corrected chi connectivity index (χ1v) is 10.4. The van der Waals surface area contributed by atoms with Gasteiger partial charge in [-0.2, -0.15) is 0 Å². The number of nitrogens with one attached hydrogen (secondary N) is 4. The summed E-state index contributed by atoms with van der Waals surface area (Å²) < 4.78 is 5.27. The second-order valence-corrected chi connectivity index (χ2v) is 8.96. The summed E-state index contributed by atoms with van der Waals surface area (Å²) in [5, 5.41) is 6.30. The first kappa shape index (κ1) is 24.2. The number of carbonyl (C=O) groups is 3. The van der Waals surface area contributed by atoms with Crippen molar-refractivity contribution in [2.24, 2.45) is 11.8 Å². The van der Waals surface area contributed by atoms with Gasteiger partial charge in [-0.05, 0) is 44.7 Å². The summed E-state index contributed by atoms with van der Waals surface area (Å²) in [7, 11) is 0. The van der Waals surface area contributed by atoms with E-state index in [0.29, 0.717) is 6.42 Å². The van der Waals surface area contributed by atoms with Crippen LogP contribution in [0.5, 0.6) is 0 Å². The zero-order valence-electron chi connectivity index (χ0n) is 18.7. The van der Waals surface area contributed by atoms with E-state index in [1.165, 1.54) is 0 Å². The summed E-state index contributed by atoms with van der Waals surface area (Å²) >= 11 is 0. The highest BCUT2D eigenvalue weighted by Crippen LogP contribution is 2.19. The minimum Gasteiger partial charge on any atom is -0.444 e. The Balaban J connectivity index is 2.17. The lowest BCUT2D eigenvalue weighted by molar-refractivity contribution is -0.130. The van der Waals surface area contributed by atoms with Crippen molar-refractivity contribution in [2.45, 2.75) is 65.1 Å². The number of alkyl carbamates (subject to hydrolysis) is 1. The molecule has 0 bridgehead atoms. The van der Waals surface area contributed by atoms with Gasteiger partial charge in [0.2, 0.25) is 5.91 Å². The number of nitrogens with two attached hydrogens (primary N) is 1. The molecule has 6 N–H and O–H groups in total. The molecule has 0 aliphatic carbocycles. The Morgan fingerprint density at radius 1 is 1.06 bits per heavy atom. The third-order valence-electron chi connectivity index (χ3n) is 4.59. The van der Waals surface area contributed by atoms with Crippen molar-refractivity contribution in [3.63, 3.8) is 0 Å². The molecule has 0 unspecified atom stereocenters. The molecular formula is C22H33N5O4. The number of aromatic amines is 1. The number of hydrogen-bond donors (Lipinski definition) is 5. The summed E-state index contributed by atoms with van der Waals surface area (Å²) in [4.78, 5) is 40.8. The van der Waals surface area contributed by atoms with Gasteiger partial charge in [-0.15, -0.1) is 0 Å². The van der Waals surface area contributed by atoms with Crippen molar-refractivity contribution >= 4 is 28.8 Å². The van der Waals surface area contributed by atoms with Gasteiger partial charge < -0.3 is 20.4 Å². The van der Waals surface area contributed by atoms with Gasteiger partial charge in [0.25, 0.3) is 5.91 Å². The maximum absolute atomic E-state index is 13.0. The molecule has 1 aromatic heterocycles. The number of aromatic nitrogens is 1. The highest BCUT2D eigenvalue weighted by Gasteiger charge is 2.29. The standard InChI is InChI=1S/C22H33N5O4/c1-13(2)10-17(26-21(30)31-22(3,4)5)19(28)25-18(20(29)27-23)11-14-12-24-16-9-7-6-8-15(14)16/h6-9,12-13,17-18,24H,10-11,23H2,1-5H3,(H,25,28)(H,26,30)(H,27,29)/t17-,18+/m0/s1. The molecule has 0 radical (unpaired) electrons. The van der Waals surface area contributed by atoms with E-state index in [0.717, 1.165) is 16.5 Å². The van der Waals surface area contributed by atoms with E-state index in [-0.39, 0.29) is 12.3 Å². The highest BCUT2D eigenvalue weighted by atomic mass is 16.6. The van der Waals surface area contributed by atoms with Gasteiger partial charge in [0.1, 0.15) is 17.7 Å². The van der Waals surface area contributed by atoms with Crippen LogP contribution in [-0.4, -0.2) is 40.6 Å². The molecule has 0 aliphatic heterocycles. The largest absolute Gasteiger partial charge is 0.444 e. The van der Waals surface area contributed by atoms with Gasteiger partial charge in [0.15, 0.2) is 0 Å². The molecule has 2 aromatic rings. The number of carbonyl (C=O) groups excluding carboxylic acids is 3. The predicted octanol–water partition coefficient (Wildman–Crippen LogP) is 2.12. The van der Waals surface area contributed by atoms with Gasteiger partial charge in [-0.1, -0.05) is 32.0 Å². The highest BCUT2D eigenvalue weighted by molar-refractivity contribution is 5.92. The second kappa shape index (κ2) is 10.3. The topological polar surface area (TPSA) is 138 Å². The summed E-state index contributed by atoms with van der Waals surface area (Å²) in [5.41, 5.74) is 3.21. The van der Waals surface area contributed by atoms with Crippen LogP contribution in [0.3, 0.4) is 0 Å². The number of para-hydroxylation sites is 1. The van der Waals surface area contributed by atoms with Crippen molar-refractivity contribution in [1.29, 1.82) is 0 Å². The maximum atomic E-state index is 13.0. The number of rotatable bonds is 8. The van der Waals surface area contributed by atoms with Crippen molar-refractivity contribution in [3.8, 4) is 0 Å². The normalized spacial score (nSPS) is 13.5. The number of benzene rings is 1. The van der Waals surface area contributed by atoms with Crippen LogP contribution in [0.15, 0.2) is 30.5 Å². The Kier molecular flexibility index (Phi) is 8.04. The van der Waals surface area contributed by atoms with Crippen LogP contribution < -0.4 is 21.9 Å². The van der Waals surface area contributed by atoms with Crippen molar-refractivity contribution in [1.82, 2.24) is 21.0 Å². The maximum Gasteiger partial charge on any atom is 0.408 e. The summed E-state index contributed by atoms with van der Waals surface area (Å²) in [6.45, 7) is 9.10. The number of hydrazine groups is 1. The zero-order valence-corrected chi connectivity index (χ0v) is 18.7. The van der Waals surface area contributed by atoms with Crippen molar-refractivity contribution in [2.75, 3.05) is 0 Å². The van der Waals surface area contributed by atoms with Crippen LogP contribution >= 0.6 is 0 Å². The fourth-order valence-corrected chi connectivity index (χ4v) is 3.26. The van der Waals surface area contributed by atoms with Crippen LogP contribution in [0, 0.1) is 5.92 Å². The molecule has 0 fully saturated rings. The summed E-state index contributed by atoms with van der Waals surface area (Å²) in [5.74, 6) is 4.47. The minimum absolute atomic E-state index is 0.126.